The number of aromatic nitrogens is 2. The molecule has 5 heteroatoms. The Morgan fingerprint density at radius 3 is 3.00 bits per heavy atom. The zero-order chi connectivity index (χ0) is 11.5. The number of nitrogens with zero attached hydrogens (tertiary/aromatic N) is 2. The molecule has 2 aromatic rings. The molecule has 0 aliphatic carbocycles. The third-order valence-electron chi connectivity index (χ3n) is 2.25. The van der Waals surface area contributed by atoms with Crippen molar-refractivity contribution in [1.82, 2.24) is 9.78 Å². The molecule has 0 unspecified atom stereocenters. The van der Waals surface area contributed by atoms with Gasteiger partial charge < -0.3 is 0 Å². The van der Waals surface area contributed by atoms with Crippen LogP contribution in [-0.4, -0.2) is 15.6 Å². The monoisotopic (exact) mass is 254 g/mol. The number of rotatable bonds is 4. The van der Waals surface area contributed by atoms with Gasteiger partial charge in [0, 0.05) is 19.2 Å². The molecule has 0 spiro atoms. The summed E-state index contributed by atoms with van der Waals surface area (Å²) >= 11 is 7.28. The van der Waals surface area contributed by atoms with Crippen LogP contribution < -0.4 is 0 Å². The fourth-order valence-corrected chi connectivity index (χ4v) is 2.53. The molecule has 16 heavy (non-hydrogen) atoms. The molecule has 0 saturated carbocycles. The predicted molar refractivity (Wildman–Crippen MR) is 65.3 cm³/mol. The highest BCUT2D eigenvalue weighted by Gasteiger charge is 2.13. The summed E-state index contributed by atoms with van der Waals surface area (Å²) in [6, 6.07) is 1.74. The molecule has 0 bridgehead atoms. The van der Waals surface area contributed by atoms with Crippen molar-refractivity contribution in [3.63, 3.8) is 0 Å². The van der Waals surface area contributed by atoms with E-state index in [4.69, 9.17) is 11.6 Å². The predicted octanol–water partition coefficient (Wildman–Crippen LogP) is 3.04. The molecule has 0 aliphatic heterocycles. The van der Waals surface area contributed by atoms with Crippen molar-refractivity contribution in [3.8, 4) is 0 Å². The second kappa shape index (κ2) is 4.80. The average molecular weight is 255 g/mol. The van der Waals surface area contributed by atoms with Gasteiger partial charge in [-0.1, -0.05) is 11.6 Å². The van der Waals surface area contributed by atoms with Gasteiger partial charge >= 0.3 is 0 Å². The summed E-state index contributed by atoms with van der Waals surface area (Å²) in [7, 11) is 0. The van der Waals surface area contributed by atoms with E-state index in [2.05, 4.69) is 5.10 Å². The van der Waals surface area contributed by atoms with Crippen LogP contribution in [0.1, 0.15) is 22.2 Å². The summed E-state index contributed by atoms with van der Waals surface area (Å²) < 4.78 is 1.80. The average Bonchev–Trinajstić information content (AvgIpc) is 2.86. The smallest absolute Gasteiger partial charge is 0.178 e. The van der Waals surface area contributed by atoms with Crippen LogP contribution in [0.3, 0.4) is 0 Å². The van der Waals surface area contributed by atoms with E-state index in [1.54, 1.807) is 16.9 Å². The molecule has 0 atom stereocenters. The van der Waals surface area contributed by atoms with Crippen LogP contribution >= 0.6 is 22.9 Å². The number of thiophene rings is 1. The van der Waals surface area contributed by atoms with Gasteiger partial charge in [0.1, 0.15) is 0 Å². The van der Waals surface area contributed by atoms with E-state index in [0.717, 1.165) is 12.1 Å². The summed E-state index contributed by atoms with van der Waals surface area (Å²) in [6.45, 7) is 2.82. The van der Waals surface area contributed by atoms with E-state index in [9.17, 15) is 4.79 Å². The van der Waals surface area contributed by atoms with E-state index in [0.29, 0.717) is 16.3 Å². The molecule has 0 radical (unpaired) electrons. The van der Waals surface area contributed by atoms with Crippen molar-refractivity contribution < 1.29 is 4.79 Å². The minimum Gasteiger partial charge on any atom is -0.293 e. The van der Waals surface area contributed by atoms with Gasteiger partial charge in [0.2, 0.25) is 0 Å². The van der Waals surface area contributed by atoms with Crippen LogP contribution in [0.5, 0.6) is 0 Å². The minimum atomic E-state index is 0.0515. The van der Waals surface area contributed by atoms with Crippen molar-refractivity contribution in [2.24, 2.45) is 0 Å². The number of hydrogen-bond acceptors (Lipinski definition) is 3. The maximum Gasteiger partial charge on any atom is 0.178 e. The Labute approximate surface area is 103 Å². The van der Waals surface area contributed by atoms with E-state index in [1.165, 1.54) is 11.3 Å². The van der Waals surface area contributed by atoms with Crippen molar-refractivity contribution in [3.05, 3.63) is 39.3 Å². The molecule has 0 saturated heterocycles. The number of aryl methyl sites for hydroxylation is 1. The molecular formula is C11H11ClN2OS. The van der Waals surface area contributed by atoms with Crippen LogP contribution in [-0.2, 0) is 13.0 Å². The number of carbonyl (C=O) groups excluding carboxylic acids is 1. The summed E-state index contributed by atoms with van der Waals surface area (Å²) in [4.78, 5) is 12.5. The van der Waals surface area contributed by atoms with Gasteiger partial charge in [-0.15, -0.1) is 11.3 Å². The second-order valence-corrected chi connectivity index (χ2v) is 4.73. The molecule has 0 aromatic carbocycles. The zero-order valence-electron chi connectivity index (χ0n) is 8.81. The van der Waals surface area contributed by atoms with E-state index >= 15 is 0 Å². The molecule has 84 valence electrons. The van der Waals surface area contributed by atoms with Crippen LogP contribution in [0, 0.1) is 0 Å². The van der Waals surface area contributed by atoms with Gasteiger partial charge in [-0.05, 0) is 23.9 Å². The van der Waals surface area contributed by atoms with Crippen molar-refractivity contribution in [2.75, 3.05) is 0 Å². The first-order chi connectivity index (χ1) is 7.70. The number of ketones is 1. The molecule has 0 fully saturated rings. The number of hydrogen-bond donors (Lipinski definition) is 0. The number of carbonyl (C=O) groups is 1. The Balaban J connectivity index is 2.11. The Bertz CT molecular complexity index is 504. The van der Waals surface area contributed by atoms with Crippen molar-refractivity contribution in [1.29, 1.82) is 0 Å². The van der Waals surface area contributed by atoms with Gasteiger partial charge in [0.15, 0.2) is 5.78 Å². The van der Waals surface area contributed by atoms with Gasteiger partial charge in [-0.2, -0.15) is 5.10 Å². The Morgan fingerprint density at radius 2 is 2.44 bits per heavy atom. The van der Waals surface area contributed by atoms with E-state index in [-0.39, 0.29) is 5.78 Å². The SMILES string of the molecule is CCn1cc(CC(=O)c2sccc2Cl)cn1. The summed E-state index contributed by atoms with van der Waals surface area (Å²) in [5, 5.41) is 6.49. The van der Waals surface area contributed by atoms with Gasteiger partial charge in [0.05, 0.1) is 16.1 Å². The maximum absolute atomic E-state index is 11.9. The molecule has 2 heterocycles. The second-order valence-electron chi connectivity index (χ2n) is 3.40. The zero-order valence-corrected chi connectivity index (χ0v) is 10.4. The van der Waals surface area contributed by atoms with Gasteiger partial charge in [0.25, 0.3) is 0 Å². The van der Waals surface area contributed by atoms with Gasteiger partial charge in [-0.3, -0.25) is 9.48 Å². The van der Waals surface area contributed by atoms with Crippen LogP contribution in [0.25, 0.3) is 0 Å². The fourth-order valence-electron chi connectivity index (χ4n) is 1.43. The fraction of sp³-hybridized carbons (Fsp3) is 0.273. The van der Waals surface area contributed by atoms with Crippen LogP contribution in [0.2, 0.25) is 5.02 Å². The Kier molecular flexibility index (Phi) is 3.41. The van der Waals surface area contributed by atoms with Crippen molar-refractivity contribution >= 4 is 28.7 Å². The topological polar surface area (TPSA) is 34.9 Å². The third-order valence-corrected chi connectivity index (χ3v) is 3.63. The molecular weight excluding hydrogens is 244 g/mol. The summed E-state index contributed by atoms with van der Waals surface area (Å²) in [6.07, 6.45) is 3.97. The Hall–Kier alpha value is -1.13. The highest BCUT2D eigenvalue weighted by molar-refractivity contribution is 7.12. The minimum absolute atomic E-state index is 0.0515. The summed E-state index contributed by atoms with van der Waals surface area (Å²) in [5.41, 5.74) is 0.927. The maximum atomic E-state index is 11.9. The van der Waals surface area contributed by atoms with Crippen LogP contribution in [0.15, 0.2) is 23.8 Å². The third kappa shape index (κ3) is 2.33. The highest BCUT2D eigenvalue weighted by atomic mass is 35.5. The lowest BCUT2D eigenvalue weighted by Gasteiger charge is -1.96. The molecule has 0 amide bonds. The van der Waals surface area contributed by atoms with E-state index < -0.39 is 0 Å². The quantitative estimate of drug-likeness (QED) is 0.786. The summed E-state index contributed by atoms with van der Waals surface area (Å²) in [5.74, 6) is 0.0515. The number of Topliss-reactive ketones (excluding diaryl/α,β-unsaturated/α-hetero) is 1. The highest BCUT2D eigenvalue weighted by Crippen LogP contribution is 2.23. The number of halogens is 1. The standard InChI is InChI=1S/C11H11ClN2OS/c1-2-14-7-8(6-13-14)5-10(15)11-9(12)3-4-16-11/h3-4,6-7H,2,5H2,1H3. The first-order valence-corrected chi connectivity index (χ1v) is 6.24. The Morgan fingerprint density at radius 1 is 1.62 bits per heavy atom. The van der Waals surface area contributed by atoms with E-state index in [1.807, 2.05) is 18.5 Å². The largest absolute Gasteiger partial charge is 0.293 e. The van der Waals surface area contributed by atoms with Crippen molar-refractivity contribution in [2.45, 2.75) is 19.9 Å². The lowest BCUT2D eigenvalue weighted by molar-refractivity contribution is 0.0997. The normalized spacial score (nSPS) is 10.6. The molecule has 2 rings (SSSR count). The first-order valence-electron chi connectivity index (χ1n) is 4.98. The lowest BCUT2D eigenvalue weighted by Crippen LogP contribution is -2.01. The molecule has 2 aromatic heterocycles. The molecule has 3 nitrogen and oxygen atoms in total. The van der Waals surface area contributed by atoms with Crippen LogP contribution in [0.4, 0.5) is 0 Å². The molecule has 0 aliphatic rings. The first kappa shape index (κ1) is 11.4. The molecule has 0 N–H and O–H groups in total. The lowest BCUT2D eigenvalue weighted by atomic mass is 10.1. The van der Waals surface area contributed by atoms with Gasteiger partial charge in [-0.25, -0.2) is 0 Å².